The van der Waals surface area contributed by atoms with Gasteiger partial charge in [-0.05, 0) is 33.7 Å². The van der Waals surface area contributed by atoms with E-state index in [0.29, 0.717) is 5.92 Å². The fourth-order valence-corrected chi connectivity index (χ4v) is 1.28. The summed E-state index contributed by atoms with van der Waals surface area (Å²) in [5, 5.41) is 9.19. The average Bonchev–Trinajstić information content (AvgIpc) is 1.86. The maximum atomic E-state index is 9.19. The molecule has 0 spiro atoms. The molecule has 74 valence electrons. The molecule has 0 aromatic heterocycles. The molecule has 0 aromatic rings. The number of nitrogens with zero attached hydrogens (tertiary/aromatic N) is 1. The van der Waals surface area contributed by atoms with Crippen molar-refractivity contribution >= 4 is 0 Å². The van der Waals surface area contributed by atoms with Crippen LogP contribution in [0, 0.1) is 5.92 Å². The van der Waals surface area contributed by atoms with Crippen LogP contribution in [0.1, 0.15) is 34.6 Å². The second-order valence-electron chi connectivity index (χ2n) is 4.78. The Labute approximate surface area is 76.6 Å². The zero-order valence-corrected chi connectivity index (χ0v) is 9.26. The molecule has 0 rings (SSSR count). The van der Waals surface area contributed by atoms with E-state index in [1.54, 1.807) is 0 Å². The van der Waals surface area contributed by atoms with Crippen LogP contribution in [0.2, 0.25) is 0 Å². The summed E-state index contributed by atoms with van der Waals surface area (Å²) in [4.78, 5) is 2.23. The van der Waals surface area contributed by atoms with Gasteiger partial charge in [0.2, 0.25) is 0 Å². The fourth-order valence-electron chi connectivity index (χ4n) is 1.28. The van der Waals surface area contributed by atoms with E-state index < -0.39 is 0 Å². The van der Waals surface area contributed by atoms with Crippen molar-refractivity contribution < 1.29 is 5.11 Å². The van der Waals surface area contributed by atoms with Gasteiger partial charge in [-0.3, -0.25) is 4.90 Å². The van der Waals surface area contributed by atoms with Gasteiger partial charge < -0.3 is 5.11 Å². The lowest BCUT2D eigenvalue weighted by Crippen LogP contribution is -2.49. The lowest BCUT2D eigenvalue weighted by atomic mass is 9.97. The fraction of sp³-hybridized carbons (Fsp3) is 1.00. The Hall–Kier alpha value is -0.0800. The molecule has 0 radical (unpaired) electrons. The summed E-state index contributed by atoms with van der Waals surface area (Å²) in [5.41, 5.74) is 0.137. The summed E-state index contributed by atoms with van der Waals surface area (Å²) in [6.45, 7) is 11.0. The van der Waals surface area contributed by atoms with Gasteiger partial charge in [0.1, 0.15) is 0 Å². The molecule has 12 heavy (non-hydrogen) atoms. The van der Waals surface area contributed by atoms with Crippen LogP contribution in [0.4, 0.5) is 0 Å². The van der Waals surface area contributed by atoms with E-state index in [1.165, 1.54) is 0 Å². The molecule has 2 nitrogen and oxygen atoms in total. The van der Waals surface area contributed by atoms with Gasteiger partial charge in [-0.25, -0.2) is 0 Å². The quantitative estimate of drug-likeness (QED) is 0.702. The molecule has 0 heterocycles. The highest BCUT2D eigenvalue weighted by molar-refractivity contribution is 4.81. The van der Waals surface area contributed by atoms with E-state index in [-0.39, 0.29) is 18.2 Å². The predicted molar refractivity (Wildman–Crippen MR) is 53.2 cm³/mol. The van der Waals surface area contributed by atoms with Crippen molar-refractivity contribution in [1.29, 1.82) is 0 Å². The first-order valence-corrected chi connectivity index (χ1v) is 4.64. The Bertz CT molecular complexity index is 126. The normalized spacial score (nSPS) is 15.8. The lowest BCUT2D eigenvalue weighted by molar-refractivity contribution is 0.0464. The number of hydrogen-bond acceptors (Lipinski definition) is 2. The van der Waals surface area contributed by atoms with Crippen LogP contribution in [0.3, 0.4) is 0 Å². The highest BCUT2D eigenvalue weighted by atomic mass is 16.3. The Morgan fingerprint density at radius 3 is 1.75 bits per heavy atom. The monoisotopic (exact) mass is 173 g/mol. The molecule has 2 heteroatoms. The van der Waals surface area contributed by atoms with E-state index in [0.717, 1.165) is 0 Å². The van der Waals surface area contributed by atoms with Crippen LogP contribution < -0.4 is 0 Å². The number of likely N-dealkylation sites (N-methyl/N-ethyl adjacent to an activating group) is 1. The lowest BCUT2D eigenvalue weighted by Gasteiger charge is -2.39. The van der Waals surface area contributed by atoms with Crippen molar-refractivity contribution in [2.45, 2.75) is 46.2 Å². The number of aliphatic hydroxyl groups is 1. The van der Waals surface area contributed by atoms with Gasteiger partial charge in [0.05, 0.1) is 6.61 Å². The van der Waals surface area contributed by atoms with Crippen LogP contribution in [0.5, 0.6) is 0 Å². The predicted octanol–water partition coefficient (Wildman–Crippen LogP) is 1.73. The minimum atomic E-state index is 0.137. The minimum absolute atomic E-state index is 0.137. The number of rotatable bonds is 3. The molecule has 0 aromatic carbocycles. The first kappa shape index (κ1) is 11.9. The van der Waals surface area contributed by atoms with Crippen LogP contribution in [0.25, 0.3) is 0 Å². The molecule has 0 aliphatic rings. The summed E-state index contributed by atoms with van der Waals surface area (Å²) < 4.78 is 0. The third-order valence-electron chi connectivity index (χ3n) is 2.51. The third kappa shape index (κ3) is 3.11. The van der Waals surface area contributed by atoms with Crippen molar-refractivity contribution in [2.24, 2.45) is 5.92 Å². The first-order chi connectivity index (χ1) is 5.30. The second-order valence-corrected chi connectivity index (χ2v) is 4.78. The van der Waals surface area contributed by atoms with Crippen LogP contribution in [-0.2, 0) is 0 Å². The topological polar surface area (TPSA) is 23.5 Å². The number of hydrogen-bond donors (Lipinski definition) is 1. The molecular formula is C10H23NO. The van der Waals surface area contributed by atoms with Gasteiger partial charge in [-0.2, -0.15) is 0 Å². The Morgan fingerprint density at radius 2 is 1.67 bits per heavy atom. The SMILES string of the molecule is CC(C)C(CO)N(C)C(C)(C)C. The standard InChI is InChI=1S/C10H23NO/c1-8(2)9(7-12)11(6)10(3,4)5/h8-9,12H,7H2,1-6H3. The molecule has 0 aliphatic carbocycles. The van der Waals surface area contributed by atoms with Crippen LogP contribution in [0.15, 0.2) is 0 Å². The van der Waals surface area contributed by atoms with Gasteiger partial charge in [0, 0.05) is 11.6 Å². The number of aliphatic hydroxyl groups excluding tert-OH is 1. The van der Waals surface area contributed by atoms with Crippen LogP contribution >= 0.6 is 0 Å². The molecule has 1 N–H and O–H groups in total. The molecule has 0 aliphatic heterocycles. The second kappa shape index (κ2) is 4.24. The highest BCUT2D eigenvalue weighted by Crippen LogP contribution is 2.18. The van der Waals surface area contributed by atoms with Crippen molar-refractivity contribution in [2.75, 3.05) is 13.7 Å². The molecule has 0 amide bonds. The maximum Gasteiger partial charge on any atom is 0.0589 e. The summed E-state index contributed by atoms with van der Waals surface area (Å²) in [6.07, 6.45) is 0. The minimum Gasteiger partial charge on any atom is -0.395 e. The van der Waals surface area contributed by atoms with Crippen molar-refractivity contribution in [3.8, 4) is 0 Å². The van der Waals surface area contributed by atoms with E-state index in [9.17, 15) is 5.11 Å². The van der Waals surface area contributed by atoms with Gasteiger partial charge in [0.25, 0.3) is 0 Å². The van der Waals surface area contributed by atoms with E-state index in [1.807, 2.05) is 0 Å². The van der Waals surface area contributed by atoms with Gasteiger partial charge in [-0.15, -0.1) is 0 Å². The van der Waals surface area contributed by atoms with Gasteiger partial charge in [-0.1, -0.05) is 13.8 Å². The summed E-state index contributed by atoms with van der Waals surface area (Å²) >= 11 is 0. The van der Waals surface area contributed by atoms with Gasteiger partial charge in [0.15, 0.2) is 0 Å². The molecule has 0 fully saturated rings. The summed E-state index contributed by atoms with van der Waals surface area (Å²) in [7, 11) is 2.07. The molecular weight excluding hydrogens is 150 g/mol. The highest BCUT2D eigenvalue weighted by Gasteiger charge is 2.26. The van der Waals surface area contributed by atoms with Crippen molar-refractivity contribution in [3.05, 3.63) is 0 Å². The molecule has 1 unspecified atom stereocenters. The molecule has 0 saturated heterocycles. The summed E-state index contributed by atoms with van der Waals surface area (Å²) in [6, 6.07) is 0.269. The van der Waals surface area contributed by atoms with Crippen molar-refractivity contribution in [3.63, 3.8) is 0 Å². The van der Waals surface area contributed by atoms with Crippen molar-refractivity contribution in [1.82, 2.24) is 4.90 Å². The first-order valence-electron chi connectivity index (χ1n) is 4.64. The van der Waals surface area contributed by atoms with E-state index >= 15 is 0 Å². The maximum absolute atomic E-state index is 9.19. The third-order valence-corrected chi connectivity index (χ3v) is 2.51. The zero-order valence-electron chi connectivity index (χ0n) is 9.26. The average molecular weight is 173 g/mol. The Morgan fingerprint density at radius 1 is 1.25 bits per heavy atom. The molecule has 0 bridgehead atoms. The Balaban J connectivity index is 4.32. The Kier molecular flexibility index (Phi) is 4.21. The molecule has 1 atom stereocenters. The van der Waals surface area contributed by atoms with E-state index in [4.69, 9.17) is 0 Å². The molecule has 0 saturated carbocycles. The van der Waals surface area contributed by atoms with Gasteiger partial charge >= 0.3 is 0 Å². The van der Waals surface area contributed by atoms with E-state index in [2.05, 4.69) is 46.6 Å². The smallest absolute Gasteiger partial charge is 0.0589 e. The van der Waals surface area contributed by atoms with Crippen LogP contribution in [-0.4, -0.2) is 35.2 Å². The zero-order chi connectivity index (χ0) is 9.94. The largest absolute Gasteiger partial charge is 0.395 e. The summed E-state index contributed by atoms with van der Waals surface area (Å²) in [5.74, 6) is 0.499.